The van der Waals surface area contributed by atoms with Gasteiger partial charge in [-0.1, -0.05) is 52.0 Å². The van der Waals surface area contributed by atoms with Crippen LogP contribution in [0.5, 0.6) is 0 Å². The van der Waals surface area contributed by atoms with Crippen LogP contribution in [0.15, 0.2) is 24.3 Å². The molecule has 0 spiro atoms. The Bertz CT molecular complexity index is 410. The second-order valence-corrected chi connectivity index (χ2v) is 6.79. The topological polar surface area (TPSA) is 12.0 Å². The molecule has 20 heavy (non-hydrogen) atoms. The molecule has 0 fully saturated rings. The zero-order valence-corrected chi connectivity index (χ0v) is 13.7. The summed E-state index contributed by atoms with van der Waals surface area (Å²) in [6.45, 7) is 10.4. The zero-order chi connectivity index (χ0) is 14.5. The van der Waals surface area contributed by atoms with Crippen LogP contribution in [-0.2, 0) is 6.42 Å². The molecule has 112 valence electrons. The maximum Gasteiger partial charge on any atom is 0.0101 e. The SMILES string of the molecule is CCNC(CC1CCCc2ccccc21)C(C)C(C)C. The van der Waals surface area contributed by atoms with Crippen molar-refractivity contribution < 1.29 is 0 Å². The molecular formula is C19H31N. The summed E-state index contributed by atoms with van der Waals surface area (Å²) >= 11 is 0. The van der Waals surface area contributed by atoms with Crippen molar-refractivity contribution in [2.45, 2.75) is 65.3 Å². The Morgan fingerprint density at radius 1 is 1.20 bits per heavy atom. The third kappa shape index (κ3) is 3.63. The minimum Gasteiger partial charge on any atom is -0.314 e. The molecule has 0 amide bonds. The van der Waals surface area contributed by atoms with Gasteiger partial charge in [0.15, 0.2) is 0 Å². The Morgan fingerprint density at radius 2 is 1.95 bits per heavy atom. The molecule has 1 aliphatic carbocycles. The van der Waals surface area contributed by atoms with E-state index in [-0.39, 0.29) is 0 Å². The molecule has 1 nitrogen and oxygen atoms in total. The molecule has 0 radical (unpaired) electrons. The summed E-state index contributed by atoms with van der Waals surface area (Å²) in [5.41, 5.74) is 3.22. The second kappa shape index (κ2) is 7.26. The largest absolute Gasteiger partial charge is 0.314 e. The van der Waals surface area contributed by atoms with Crippen molar-refractivity contribution in [3.05, 3.63) is 35.4 Å². The molecule has 3 atom stereocenters. The lowest BCUT2D eigenvalue weighted by Gasteiger charge is -2.33. The Morgan fingerprint density at radius 3 is 2.65 bits per heavy atom. The smallest absolute Gasteiger partial charge is 0.0101 e. The summed E-state index contributed by atoms with van der Waals surface area (Å²) in [7, 11) is 0. The molecule has 0 bridgehead atoms. The number of hydrogen-bond acceptors (Lipinski definition) is 1. The molecule has 1 aromatic rings. The first-order chi connectivity index (χ1) is 9.63. The van der Waals surface area contributed by atoms with Gasteiger partial charge in [-0.2, -0.15) is 0 Å². The van der Waals surface area contributed by atoms with Crippen molar-refractivity contribution in [2.24, 2.45) is 11.8 Å². The molecule has 1 heteroatoms. The lowest BCUT2D eigenvalue weighted by Crippen LogP contribution is -2.38. The van der Waals surface area contributed by atoms with Crippen LogP contribution in [0.25, 0.3) is 0 Å². The summed E-state index contributed by atoms with van der Waals surface area (Å²) in [5, 5.41) is 3.74. The van der Waals surface area contributed by atoms with E-state index in [1.165, 1.54) is 25.7 Å². The predicted octanol–water partition coefficient (Wildman–Crippen LogP) is 4.77. The Kier molecular flexibility index (Phi) is 5.65. The number of hydrogen-bond donors (Lipinski definition) is 1. The van der Waals surface area contributed by atoms with Crippen molar-refractivity contribution in [1.29, 1.82) is 0 Å². The summed E-state index contributed by atoms with van der Waals surface area (Å²) in [5.74, 6) is 2.24. The summed E-state index contributed by atoms with van der Waals surface area (Å²) in [6, 6.07) is 9.75. The van der Waals surface area contributed by atoms with Gasteiger partial charge in [-0.25, -0.2) is 0 Å². The van der Waals surface area contributed by atoms with Crippen LogP contribution in [0.2, 0.25) is 0 Å². The van der Waals surface area contributed by atoms with E-state index in [2.05, 4.69) is 57.3 Å². The standard InChI is InChI=1S/C19H31N/c1-5-20-19(15(4)14(2)3)13-17-11-8-10-16-9-6-7-12-18(16)17/h6-7,9,12,14-15,17,19-20H,5,8,10-11,13H2,1-4H3. The maximum atomic E-state index is 3.74. The van der Waals surface area contributed by atoms with E-state index in [0.717, 1.165) is 24.3 Å². The molecular weight excluding hydrogens is 242 g/mol. The van der Waals surface area contributed by atoms with E-state index in [0.29, 0.717) is 6.04 Å². The van der Waals surface area contributed by atoms with Crippen LogP contribution >= 0.6 is 0 Å². The fraction of sp³-hybridized carbons (Fsp3) is 0.684. The predicted molar refractivity (Wildman–Crippen MR) is 88.2 cm³/mol. The Labute approximate surface area is 125 Å². The first-order valence-electron chi connectivity index (χ1n) is 8.44. The maximum absolute atomic E-state index is 3.74. The van der Waals surface area contributed by atoms with E-state index in [4.69, 9.17) is 0 Å². The Hall–Kier alpha value is -0.820. The van der Waals surface area contributed by atoms with E-state index >= 15 is 0 Å². The molecule has 1 N–H and O–H groups in total. The number of nitrogens with one attached hydrogen (secondary N) is 1. The third-order valence-electron chi connectivity index (χ3n) is 5.18. The van der Waals surface area contributed by atoms with Gasteiger partial charge in [0.05, 0.1) is 0 Å². The van der Waals surface area contributed by atoms with Crippen molar-refractivity contribution in [1.82, 2.24) is 5.32 Å². The monoisotopic (exact) mass is 273 g/mol. The van der Waals surface area contributed by atoms with Crippen molar-refractivity contribution in [2.75, 3.05) is 6.54 Å². The molecule has 0 saturated heterocycles. The molecule has 3 unspecified atom stereocenters. The van der Waals surface area contributed by atoms with Gasteiger partial charge in [0.25, 0.3) is 0 Å². The molecule has 0 heterocycles. The summed E-state index contributed by atoms with van der Waals surface area (Å²) in [4.78, 5) is 0. The van der Waals surface area contributed by atoms with Gasteiger partial charge < -0.3 is 5.32 Å². The lowest BCUT2D eigenvalue weighted by molar-refractivity contribution is 0.269. The van der Waals surface area contributed by atoms with Crippen molar-refractivity contribution in [3.8, 4) is 0 Å². The summed E-state index contributed by atoms with van der Waals surface area (Å²) in [6.07, 6.45) is 5.29. The quantitative estimate of drug-likeness (QED) is 0.787. The van der Waals surface area contributed by atoms with Crippen molar-refractivity contribution in [3.63, 3.8) is 0 Å². The number of fused-ring (bicyclic) bond motifs is 1. The average molecular weight is 273 g/mol. The minimum atomic E-state index is 0.649. The third-order valence-corrected chi connectivity index (χ3v) is 5.18. The fourth-order valence-electron chi connectivity index (χ4n) is 3.62. The number of benzene rings is 1. The molecule has 1 aromatic carbocycles. The van der Waals surface area contributed by atoms with Crippen LogP contribution in [0.3, 0.4) is 0 Å². The highest BCUT2D eigenvalue weighted by Gasteiger charge is 2.26. The van der Waals surface area contributed by atoms with E-state index < -0.39 is 0 Å². The average Bonchev–Trinajstić information content (AvgIpc) is 2.46. The van der Waals surface area contributed by atoms with Crippen LogP contribution in [-0.4, -0.2) is 12.6 Å². The molecule has 0 aliphatic heterocycles. The number of aryl methyl sites for hydroxylation is 1. The van der Waals surface area contributed by atoms with E-state index in [1.807, 2.05) is 0 Å². The van der Waals surface area contributed by atoms with Crippen LogP contribution in [0.4, 0.5) is 0 Å². The van der Waals surface area contributed by atoms with Gasteiger partial charge >= 0.3 is 0 Å². The highest BCUT2D eigenvalue weighted by Crippen LogP contribution is 2.36. The van der Waals surface area contributed by atoms with Gasteiger partial charge in [0, 0.05) is 6.04 Å². The highest BCUT2D eigenvalue weighted by molar-refractivity contribution is 5.32. The fourth-order valence-corrected chi connectivity index (χ4v) is 3.62. The second-order valence-electron chi connectivity index (χ2n) is 6.79. The Balaban J connectivity index is 2.11. The zero-order valence-electron chi connectivity index (χ0n) is 13.7. The van der Waals surface area contributed by atoms with Crippen LogP contribution in [0, 0.1) is 11.8 Å². The van der Waals surface area contributed by atoms with Crippen LogP contribution < -0.4 is 5.32 Å². The first-order valence-corrected chi connectivity index (χ1v) is 8.44. The van der Waals surface area contributed by atoms with E-state index in [1.54, 1.807) is 11.1 Å². The summed E-state index contributed by atoms with van der Waals surface area (Å²) < 4.78 is 0. The molecule has 2 rings (SSSR count). The molecule has 0 saturated carbocycles. The highest BCUT2D eigenvalue weighted by atomic mass is 14.9. The van der Waals surface area contributed by atoms with Gasteiger partial charge in [-0.15, -0.1) is 0 Å². The normalized spacial score (nSPS) is 21.6. The van der Waals surface area contributed by atoms with Gasteiger partial charge in [-0.05, 0) is 61.1 Å². The molecule has 1 aliphatic rings. The number of rotatable bonds is 6. The lowest BCUT2D eigenvalue weighted by atomic mass is 9.76. The van der Waals surface area contributed by atoms with Gasteiger partial charge in [0.1, 0.15) is 0 Å². The first kappa shape index (κ1) is 15.6. The van der Waals surface area contributed by atoms with Gasteiger partial charge in [0.2, 0.25) is 0 Å². The van der Waals surface area contributed by atoms with Crippen LogP contribution in [0.1, 0.15) is 64.0 Å². The minimum absolute atomic E-state index is 0.649. The van der Waals surface area contributed by atoms with E-state index in [9.17, 15) is 0 Å². The van der Waals surface area contributed by atoms with Crippen molar-refractivity contribution >= 4 is 0 Å². The van der Waals surface area contributed by atoms with Gasteiger partial charge in [-0.3, -0.25) is 0 Å². The molecule has 0 aromatic heterocycles.